The fourth-order valence-corrected chi connectivity index (χ4v) is 3.85. The first-order valence-electron chi connectivity index (χ1n) is 9.36. The van der Waals surface area contributed by atoms with Gasteiger partial charge in [-0.1, -0.05) is 66.2 Å². The van der Waals surface area contributed by atoms with E-state index in [1.165, 1.54) is 0 Å². The van der Waals surface area contributed by atoms with Crippen LogP contribution in [0.4, 0.5) is 5.95 Å². The molecule has 0 saturated carbocycles. The minimum atomic E-state index is -0.320. The predicted molar refractivity (Wildman–Crippen MR) is 119 cm³/mol. The molecule has 5 rings (SSSR count). The van der Waals surface area contributed by atoms with Crippen molar-refractivity contribution < 1.29 is 5.11 Å². The molecule has 3 N–H and O–H groups in total. The van der Waals surface area contributed by atoms with Crippen LogP contribution in [0.3, 0.4) is 0 Å². The fourth-order valence-electron chi connectivity index (χ4n) is 3.72. The van der Waals surface area contributed by atoms with E-state index in [9.17, 15) is 5.11 Å². The van der Waals surface area contributed by atoms with Crippen molar-refractivity contribution in [1.82, 2.24) is 9.97 Å². The summed E-state index contributed by atoms with van der Waals surface area (Å²) in [4.78, 5) is 7.97. The van der Waals surface area contributed by atoms with Gasteiger partial charge in [0.25, 0.3) is 0 Å². The molecule has 0 radical (unpaired) electrons. The molecule has 4 nitrogen and oxygen atoms in total. The number of aromatic nitrogens is 2. The number of aromatic hydroxyl groups is 1. The number of phenolic OH excluding ortho intramolecular Hbond substituents is 1. The Morgan fingerprint density at radius 2 is 1.62 bits per heavy atom. The van der Waals surface area contributed by atoms with E-state index in [2.05, 4.69) is 15.3 Å². The summed E-state index contributed by atoms with van der Waals surface area (Å²) in [7, 11) is 0. The summed E-state index contributed by atoms with van der Waals surface area (Å²) >= 11 is 6.11. The number of aromatic amines is 1. The lowest BCUT2D eigenvalue weighted by molar-refractivity contribution is 0.468. The second kappa shape index (κ2) is 7.15. The van der Waals surface area contributed by atoms with Gasteiger partial charge in [-0.05, 0) is 46.7 Å². The molecule has 142 valence electrons. The first kappa shape index (κ1) is 17.6. The third-order valence-corrected chi connectivity index (χ3v) is 5.36. The lowest BCUT2D eigenvalue weighted by Gasteiger charge is -2.22. The number of halogens is 1. The molecule has 0 spiro atoms. The Hall–Kier alpha value is -3.50. The number of hydrogen-bond acceptors (Lipinski definition) is 3. The van der Waals surface area contributed by atoms with Crippen molar-refractivity contribution in [2.24, 2.45) is 0 Å². The summed E-state index contributed by atoms with van der Waals surface area (Å²) in [5, 5.41) is 17.0. The Morgan fingerprint density at radius 3 is 2.45 bits per heavy atom. The highest BCUT2D eigenvalue weighted by molar-refractivity contribution is 6.30. The zero-order chi connectivity index (χ0) is 19.8. The van der Waals surface area contributed by atoms with E-state index in [0.717, 1.165) is 32.9 Å². The molecule has 4 aromatic carbocycles. The largest absolute Gasteiger partial charge is 0.508 e. The lowest BCUT2D eigenvalue weighted by Crippen LogP contribution is -2.14. The van der Waals surface area contributed by atoms with E-state index in [1.807, 2.05) is 78.9 Å². The summed E-state index contributed by atoms with van der Waals surface area (Å²) in [6.45, 7) is 0. The molecule has 5 heteroatoms. The number of benzene rings is 4. The Bertz CT molecular complexity index is 1280. The molecule has 0 aliphatic carbocycles. The van der Waals surface area contributed by atoms with Gasteiger partial charge in [-0.2, -0.15) is 0 Å². The second-order valence-electron chi connectivity index (χ2n) is 6.95. The molecular formula is C24H18ClN3O. The number of nitrogens with one attached hydrogen (secondary N) is 2. The Balaban J connectivity index is 1.69. The van der Waals surface area contributed by atoms with Crippen LogP contribution < -0.4 is 5.32 Å². The monoisotopic (exact) mass is 399 g/mol. The molecule has 0 amide bonds. The Labute approximate surface area is 172 Å². The summed E-state index contributed by atoms with van der Waals surface area (Å²) in [6, 6.07) is 26.9. The van der Waals surface area contributed by atoms with Gasteiger partial charge in [-0.15, -0.1) is 0 Å². The SMILES string of the molecule is Oc1ccc2ccccc2c1C(Nc1nc2ccccc2[nH]1)c1ccc(Cl)cc1. The molecule has 0 saturated heterocycles. The molecule has 0 aliphatic heterocycles. The summed E-state index contributed by atoms with van der Waals surface area (Å²) in [5.41, 5.74) is 3.60. The van der Waals surface area contributed by atoms with Crippen molar-refractivity contribution >= 4 is 39.4 Å². The van der Waals surface area contributed by atoms with E-state index in [-0.39, 0.29) is 11.8 Å². The zero-order valence-electron chi connectivity index (χ0n) is 15.4. The van der Waals surface area contributed by atoms with Gasteiger partial charge < -0.3 is 15.4 Å². The topological polar surface area (TPSA) is 60.9 Å². The molecular weight excluding hydrogens is 382 g/mol. The maximum atomic E-state index is 10.8. The van der Waals surface area contributed by atoms with Gasteiger partial charge in [0.05, 0.1) is 17.1 Å². The van der Waals surface area contributed by atoms with Crippen molar-refractivity contribution in [2.45, 2.75) is 6.04 Å². The highest BCUT2D eigenvalue weighted by atomic mass is 35.5. The number of anilines is 1. The fraction of sp³-hybridized carbons (Fsp3) is 0.0417. The normalized spacial score (nSPS) is 12.3. The average Bonchev–Trinajstić information content (AvgIpc) is 3.16. The van der Waals surface area contributed by atoms with Gasteiger partial charge in [-0.3, -0.25) is 0 Å². The van der Waals surface area contributed by atoms with Gasteiger partial charge >= 0.3 is 0 Å². The molecule has 1 atom stereocenters. The number of hydrogen-bond donors (Lipinski definition) is 3. The number of imidazole rings is 1. The summed E-state index contributed by atoms with van der Waals surface area (Å²) in [6.07, 6.45) is 0. The van der Waals surface area contributed by atoms with Crippen molar-refractivity contribution in [2.75, 3.05) is 5.32 Å². The second-order valence-corrected chi connectivity index (χ2v) is 7.39. The third-order valence-electron chi connectivity index (χ3n) is 5.11. The van der Waals surface area contributed by atoms with Gasteiger partial charge in [0.1, 0.15) is 5.75 Å². The van der Waals surface area contributed by atoms with E-state index >= 15 is 0 Å². The van der Waals surface area contributed by atoms with Crippen molar-refractivity contribution in [3.8, 4) is 5.75 Å². The maximum absolute atomic E-state index is 10.8. The Morgan fingerprint density at radius 1 is 0.862 bits per heavy atom. The molecule has 5 aromatic rings. The minimum Gasteiger partial charge on any atom is -0.508 e. The van der Waals surface area contributed by atoms with Crippen LogP contribution in [0.5, 0.6) is 5.75 Å². The van der Waals surface area contributed by atoms with Gasteiger partial charge in [0, 0.05) is 10.6 Å². The van der Waals surface area contributed by atoms with Crippen molar-refractivity contribution in [3.05, 3.63) is 101 Å². The van der Waals surface area contributed by atoms with Crippen LogP contribution in [0.25, 0.3) is 21.8 Å². The smallest absolute Gasteiger partial charge is 0.201 e. The standard InChI is InChI=1S/C24H18ClN3O/c25-17-12-9-16(10-13-17)23(28-24-26-19-7-3-4-8-20(19)27-24)22-18-6-2-1-5-15(18)11-14-21(22)29/h1-14,23,29H,(H2,26,27,28). The highest BCUT2D eigenvalue weighted by Crippen LogP contribution is 2.38. The van der Waals surface area contributed by atoms with Crippen LogP contribution in [0.15, 0.2) is 84.9 Å². The van der Waals surface area contributed by atoms with Crippen LogP contribution >= 0.6 is 11.6 Å². The van der Waals surface area contributed by atoms with Crippen molar-refractivity contribution in [1.29, 1.82) is 0 Å². The number of nitrogens with zero attached hydrogens (tertiary/aromatic N) is 1. The average molecular weight is 400 g/mol. The molecule has 0 fully saturated rings. The summed E-state index contributed by atoms with van der Waals surface area (Å²) in [5.74, 6) is 0.866. The number of rotatable bonds is 4. The van der Waals surface area contributed by atoms with E-state index in [1.54, 1.807) is 6.07 Å². The van der Waals surface area contributed by atoms with Crippen LogP contribution in [-0.2, 0) is 0 Å². The molecule has 29 heavy (non-hydrogen) atoms. The van der Waals surface area contributed by atoms with Gasteiger partial charge in [0.15, 0.2) is 0 Å². The van der Waals surface area contributed by atoms with Crippen molar-refractivity contribution in [3.63, 3.8) is 0 Å². The number of H-pyrrole nitrogens is 1. The van der Waals surface area contributed by atoms with Crippen LogP contribution in [0.1, 0.15) is 17.2 Å². The highest BCUT2D eigenvalue weighted by Gasteiger charge is 2.22. The Kier molecular flexibility index (Phi) is 4.34. The summed E-state index contributed by atoms with van der Waals surface area (Å²) < 4.78 is 0. The van der Waals surface area contributed by atoms with Crippen LogP contribution in [0.2, 0.25) is 5.02 Å². The van der Waals surface area contributed by atoms with E-state index < -0.39 is 0 Å². The molecule has 0 bridgehead atoms. The molecule has 1 aromatic heterocycles. The number of para-hydroxylation sites is 2. The lowest BCUT2D eigenvalue weighted by atomic mass is 9.93. The van der Waals surface area contributed by atoms with Gasteiger partial charge in [-0.25, -0.2) is 4.98 Å². The van der Waals surface area contributed by atoms with E-state index in [0.29, 0.717) is 11.0 Å². The number of phenols is 1. The number of fused-ring (bicyclic) bond motifs is 2. The predicted octanol–water partition coefficient (Wildman–Crippen LogP) is 6.28. The first-order valence-corrected chi connectivity index (χ1v) is 9.74. The molecule has 0 aliphatic rings. The maximum Gasteiger partial charge on any atom is 0.201 e. The van der Waals surface area contributed by atoms with Gasteiger partial charge in [0.2, 0.25) is 5.95 Å². The quantitative estimate of drug-likeness (QED) is 0.333. The van der Waals surface area contributed by atoms with E-state index in [4.69, 9.17) is 11.6 Å². The third kappa shape index (κ3) is 3.28. The van der Waals surface area contributed by atoms with Crippen LogP contribution in [-0.4, -0.2) is 15.1 Å². The zero-order valence-corrected chi connectivity index (χ0v) is 16.2. The van der Waals surface area contributed by atoms with Crippen LogP contribution in [0, 0.1) is 0 Å². The first-order chi connectivity index (χ1) is 14.2. The molecule has 1 unspecified atom stereocenters. The minimum absolute atomic E-state index is 0.229. The molecule has 1 heterocycles.